The smallest absolute Gasteiger partial charge is 0.0739 e. The fraction of sp³-hybridized carbons (Fsp3) is 0.231. The minimum absolute atomic E-state index is 0.258. The summed E-state index contributed by atoms with van der Waals surface area (Å²) in [6, 6.07) is 8.73. The molecule has 4 heteroatoms. The SMILES string of the molecule is Cc1cc(Br)cc(C(Br)c2cc(C)c(Br)s2)c1. The van der Waals surface area contributed by atoms with Crippen LogP contribution in [0.5, 0.6) is 0 Å². The molecule has 0 aliphatic carbocycles. The lowest BCUT2D eigenvalue weighted by molar-refractivity contribution is 1.20. The maximum Gasteiger partial charge on any atom is 0.0739 e. The molecule has 0 saturated heterocycles. The van der Waals surface area contributed by atoms with Crippen LogP contribution in [0.25, 0.3) is 0 Å². The van der Waals surface area contributed by atoms with E-state index in [1.165, 1.54) is 25.4 Å². The molecule has 0 saturated carbocycles. The molecule has 0 aliphatic rings. The summed E-state index contributed by atoms with van der Waals surface area (Å²) in [7, 11) is 0. The molecule has 1 atom stereocenters. The van der Waals surface area contributed by atoms with Gasteiger partial charge in [-0.1, -0.05) is 37.9 Å². The summed E-state index contributed by atoms with van der Waals surface area (Å²) in [5.41, 5.74) is 3.85. The van der Waals surface area contributed by atoms with Gasteiger partial charge >= 0.3 is 0 Å². The fourth-order valence-electron chi connectivity index (χ4n) is 1.68. The molecular formula is C13H11Br3S. The Balaban J connectivity index is 2.39. The molecule has 17 heavy (non-hydrogen) atoms. The Kier molecular flexibility index (Phi) is 4.50. The van der Waals surface area contributed by atoms with E-state index < -0.39 is 0 Å². The summed E-state index contributed by atoms with van der Waals surface area (Å²) in [5, 5.41) is 0. The Morgan fingerprint density at radius 1 is 1.06 bits per heavy atom. The summed E-state index contributed by atoms with van der Waals surface area (Å²) >= 11 is 12.7. The van der Waals surface area contributed by atoms with Crippen LogP contribution in [0, 0.1) is 13.8 Å². The third kappa shape index (κ3) is 3.22. The highest BCUT2D eigenvalue weighted by atomic mass is 79.9. The maximum absolute atomic E-state index is 3.78. The molecule has 1 aromatic heterocycles. The van der Waals surface area contributed by atoms with Gasteiger partial charge in [0.1, 0.15) is 0 Å². The van der Waals surface area contributed by atoms with Crippen LogP contribution >= 0.6 is 59.1 Å². The van der Waals surface area contributed by atoms with E-state index in [1.807, 2.05) is 0 Å². The van der Waals surface area contributed by atoms with Crippen LogP contribution in [0.4, 0.5) is 0 Å². The van der Waals surface area contributed by atoms with Crippen LogP contribution in [0.2, 0.25) is 0 Å². The van der Waals surface area contributed by atoms with Crippen LogP contribution in [0.3, 0.4) is 0 Å². The van der Waals surface area contributed by atoms with Gasteiger partial charge in [0.15, 0.2) is 0 Å². The van der Waals surface area contributed by atoms with Crippen molar-refractivity contribution in [2.45, 2.75) is 18.7 Å². The topological polar surface area (TPSA) is 0 Å². The molecule has 1 unspecified atom stereocenters. The van der Waals surface area contributed by atoms with Crippen molar-refractivity contribution in [3.8, 4) is 0 Å². The standard InChI is InChI=1S/C13H11Br3S/c1-7-3-9(6-10(14)4-7)12(15)11-5-8(2)13(16)17-11/h3-6,12H,1-2H3. The van der Waals surface area contributed by atoms with E-state index in [9.17, 15) is 0 Å². The average Bonchev–Trinajstić information content (AvgIpc) is 2.57. The second-order valence-corrected chi connectivity index (χ2v) is 8.26. The molecule has 1 aromatic carbocycles. The number of alkyl halides is 1. The van der Waals surface area contributed by atoms with Gasteiger partial charge in [0.2, 0.25) is 0 Å². The van der Waals surface area contributed by atoms with Gasteiger partial charge in [0.05, 0.1) is 8.61 Å². The molecule has 1 heterocycles. The molecule has 2 rings (SSSR count). The predicted octanol–water partition coefficient (Wildman–Crippen LogP) is 6.37. The van der Waals surface area contributed by atoms with Gasteiger partial charge in [-0.2, -0.15) is 0 Å². The number of thiophene rings is 1. The number of halogens is 3. The quantitative estimate of drug-likeness (QED) is 0.477. The van der Waals surface area contributed by atoms with Gasteiger partial charge in [-0.25, -0.2) is 0 Å². The third-order valence-corrected chi connectivity index (χ3v) is 6.47. The second kappa shape index (κ2) is 5.55. The lowest BCUT2D eigenvalue weighted by Gasteiger charge is -2.09. The van der Waals surface area contributed by atoms with Crippen molar-refractivity contribution in [2.75, 3.05) is 0 Å². The zero-order valence-electron chi connectivity index (χ0n) is 9.43. The zero-order chi connectivity index (χ0) is 12.6. The summed E-state index contributed by atoms with van der Waals surface area (Å²) in [4.78, 5) is 1.58. The van der Waals surface area contributed by atoms with Gasteiger partial charge < -0.3 is 0 Å². The summed E-state index contributed by atoms with van der Waals surface area (Å²) < 4.78 is 2.34. The number of hydrogen-bond donors (Lipinski definition) is 0. The monoisotopic (exact) mass is 436 g/mol. The van der Waals surface area contributed by atoms with E-state index >= 15 is 0 Å². The van der Waals surface area contributed by atoms with Gasteiger partial charge in [-0.05, 0) is 64.7 Å². The van der Waals surface area contributed by atoms with E-state index in [0.717, 1.165) is 4.47 Å². The van der Waals surface area contributed by atoms with E-state index in [2.05, 4.69) is 85.9 Å². The largest absolute Gasteiger partial charge is 0.131 e. The van der Waals surface area contributed by atoms with Crippen molar-refractivity contribution < 1.29 is 0 Å². The molecule has 0 radical (unpaired) electrons. The first-order valence-electron chi connectivity index (χ1n) is 5.14. The van der Waals surface area contributed by atoms with Crippen LogP contribution in [-0.4, -0.2) is 0 Å². The molecule has 0 nitrogen and oxygen atoms in total. The first-order chi connectivity index (χ1) is 7.97. The molecule has 0 amide bonds. The van der Waals surface area contributed by atoms with Crippen LogP contribution in [0.1, 0.15) is 26.4 Å². The highest BCUT2D eigenvalue weighted by molar-refractivity contribution is 9.11. The first-order valence-corrected chi connectivity index (χ1v) is 8.46. The van der Waals surface area contributed by atoms with E-state index in [0.29, 0.717) is 0 Å². The van der Waals surface area contributed by atoms with Crippen molar-refractivity contribution >= 4 is 59.1 Å². The number of hydrogen-bond acceptors (Lipinski definition) is 1. The third-order valence-electron chi connectivity index (χ3n) is 2.48. The van der Waals surface area contributed by atoms with Crippen LogP contribution < -0.4 is 0 Å². The van der Waals surface area contributed by atoms with Gasteiger partial charge in [0, 0.05) is 9.35 Å². The predicted molar refractivity (Wildman–Crippen MR) is 86.4 cm³/mol. The Morgan fingerprint density at radius 2 is 1.76 bits per heavy atom. The highest BCUT2D eigenvalue weighted by Crippen LogP contribution is 2.39. The Bertz CT molecular complexity index is 506. The Hall–Kier alpha value is 0.360. The zero-order valence-corrected chi connectivity index (χ0v) is 15.0. The first kappa shape index (κ1) is 13.8. The van der Waals surface area contributed by atoms with Gasteiger partial charge in [-0.15, -0.1) is 11.3 Å². The lowest BCUT2D eigenvalue weighted by Crippen LogP contribution is -1.90. The Morgan fingerprint density at radius 3 is 2.29 bits per heavy atom. The van der Waals surface area contributed by atoms with E-state index in [1.54, 1.807) is 11.3 Å². The number of rotatable bonds is 2. The summed E-state index contributed by atoms with van der Waals surface area (Å²) in [6.07, 6.45) is 0. The van der Waals surface area contributed by atoms with Crippen molar-refractivity contribution in [2.24, 2.45) is 0 Å². The summed E-state index contributed by atoms with van der Waals surface area (Å²) in [6.45, 7) is 4.24. The molecule has 0 aliphatic heterocycles. The number of benzene rings is 1. The normalized spacial score (nSPS) is 12.8. The van der Waals surface area contributed by atoms with Crippen LogP contribution in [0.15, 0.2) is 32.5 Å². The fourth-order valence-corrected chi connectivity index (χ4v) is 4.56. The molecule has 0 N–H and O–H groups in total. The second-order valence-electron chi connectivity index (χ2n) is 4.03. The minimum Gasteiger partial charge on any atom is -0.131 e. The highest BCUT2D eigenvalue weighted by Gasteiger charge is 2.15. The summed E-state index contributed by atoms with van der Waals surface area (Å²) in [5.74, 6) is 0. The lowest BCUT2D eigenvalue weighted by atomic mass is 10.1. The minimum atomic E-state index is 0.258. The molecule has 2 aromatic rings. The maximum atomic E-state index is 3.78. The average molecular weight is 439 g/mol. The van der Waals surface area contributed by atoms with E-state index in [-0.39, 0.29) is 4.83 Å². The van der Waals surface area contributed by atoms with Crippen molar-refractivity contribution in [1.29, 1.82) is 0 Å². The van der Waals surface area contributed by atoms with Crippen molar-refractivity contribution in [3.63, 3.8) is 0 Å². The van der Waals surface area contributed by atoms with Crippen LogP contribution in [-0.2, 0) is 0 Å². The molecule has 0 fully saturated rings. The van der Waals surface area contributed by atoms with Crippen molar-refractivity contribution in [1.82, 2.24) is 0 Å². The van der Waals surface area contributed by atoms with Gasteiger partial charge in [-0.3, -0.25) is 0 Å². The molecule has 0 bridgehead atoms. The van der Waals surface area contributed by atoms with E-state index in [4.69, 9.17) is 0 Å². The molecule has 90 valence electrons. The molecule has 0 spiro atoms. The molecular weight excluding hydrogens is 428 g/mol. The van der Waals surface area contributed by atoms with Gasteiger partial charge in [0.25, 0.3) is 0 Å². The number of aryl methyl sites for hydroxylation is 2. The Labute approximate surface area is 131 Å². The van der Waals surface area contributed by atoms with Crippen molar-refractivity contribution in [3.05, 3.63) is 54.1 Å².